The average molecular weight is 508 g/mol. The molecule has 1 fully saturated rings. The third-order valence-electron chi connectivity index (χ3n) is 4.69. The van der Waals surface area contributed by atoms with Crippen molar-refractivity contribution in [1.82, 2.24) is 4.90 Å². The van der Waals surface area contributed by atoms with Gasteiger partial charge in [-0.05, 0) is 30.3 Å². The van der Waals surface area contributed by atoms with Gasteiger partial charge >= 0.3 is 12.2 Å². The number of halogens is 6. The molecule has 1 heterocycles. The highest BCUT2D eigenvalue weighted by Crippen LogP contribution is 2.37. The molecular weight excluding hydrogens is 492 g/mol. The van der Waals surface area contributed by atoms with E-state index in [-0.39, 0.29) is 5.69 Å². The fraction of sp³-hybridized carbons (Fsp3) is 0.250. The Morgan fingerprint density at radius 1 is 1.00 bits per heavy atom. The lowest BCUT2D eigenvalue weighted by molar-refractivity contribution is -0.137. The van der Waals surface area contributed by atoms with E-state index in [2.05, 4.69) is 4.99 Å². The van der Waals surface area contributed by atoms with Crippen LogP contribution < -0.4 is 9.80 Å². The number of nitrogens with zero attached hydrogens (tertiary/aromatic N) is 4. The average Bonchev–Trinajstić information content (AvgIpc) is 2.94. The molecule has 170 valence electrons. The monoisotopic (exact) mass is 506 g/mol. The van der Waals surface area contributed by atoms with E-state index in [1.807, 2.05) is 0 Å². The first-order valence-electron chi connectivity index (χ1n) is 9.04. The fourth-order valence-corrected chi connectivity index (χ4v) is 3.63. The Bertz CT molecular complexity index is 1060. The van der Waals surface area contributed by atoms with Gasteiger partial charge in [-0.25, -0.2) is 14.7 Å². The Morgan fingerprint density at radius 2 is 1.62 bits per heavy atom. The molecule has 1 aliphatic heterocycles. The summed E-state index contributed by atoms with van der Waals surface area (Å²) in [5, 5.41) is 0. The summed E-state index contributed by atoms with van der Waals surface area (Å²) in [6.45, 7) is 0. The first-order valence-corrected chi connectivity index (χ1v) is 10.2. The number of carbonyl (C=O) groups excluding carboxylic acids is 2. The molecule has 0 radical (unpaired) electrons. The number of urea groups is 1. The first-order chi connectivity index (χ1) is 14.8. The standard InChI is InChI=1S/C20H16Cl3F3N4O2/c1-28(13-8-4-3-5-9-13)17(19(21,22)23)27-15-16(31)29(2)18(32)30(15)14-10-6-7-12(11-14)20(24,25)26/h3-11,17H,1-2H3. The number of benzene rings is 2. The number of anilines is 2. The minimum Gasteiger partial charge on any atom is -0.349 e. The Morgan fingerprint density at radius 3 is 2.19 bits per heavy atom. The van der Waals surface area contributed by atoms with Gasteiger partial charge in [0.1, 0.15) is 0 Å². The number of rotatable bonds is 4. The molecule has 32 heavy (non-hydrogen) atoms. The maximum Gasteiger partial charge on any atom is 0.416 e. The van der Waals surface area contributed by atoms with Gasteiger partial charge in [-0.1, -0.05) is 59.1 Å². The summed E-state index contributed by atoms with van der Waals surface area (Å²) in [6.07, 6.45) is -5.94. The van der Waals surface area contributed by atoms with Crippen LogP contribution in [0.25, 0.3) is 0 Å². The highest BCUT2D eigenvalue weighted by Gasteiger charge is 2.45. The van der Waals surface area contributed by atoms with E-state index < -0.39 is 39.5 Å². The second-order valence-corrected chi connectivity index (χ2v) is 9.21. The van der Waals surface area contributed by atoms with Crippen molar-refractivity contribution in [2.45, 2.75) is 16.1 Å². The lowest BCUT2D eigenvalue weighted by Gasteiger charge is -2.32. The summed E-state index contributed by atoms with van der Waals surface area (Å²) in [4.78, 5) is 32.7. The molecule has 6 nitrogen and oxygen atoms in total. The molecule has 1 aliphatic rings. The lowest BCUT2D eigenvalue weighted by atomic mass is 10.2. The summed E-state index contributed by atoms with van der Waals surface area (Å²) < 4.78 is 37.5. The minimum atomic E-state index is -4.65. The van der Waals surface area contributed by atoms with Crippen LogP contribution in [0, 0.1) is 0 Å². The maximum atomic E-state index is 13.2. The molecule has 3 rings (SSSR count). The number of para-hydroxylation sites is 1. The number of imide groups is 1. The van der Waals surface area contributed by atoms with Gasteiger partial charge < -0.3 is 4.90 Å². The third kappa shape index (κ3) is 4.79. The number of amidine groups is 1. The van der Waals surface area contributed by atoms with E-state index in [1.54, 1.807) is 37.4 Å². The van der Waals surface area contributed by atoms with Gasteiger partial charge in [0, 0.05) is 19.8 Å². The molecular formula is C20H16Cl3F3N4O2. The zero-order chi connectivity index (χ0) is 23.8. The Labute approximate surface area is 196 Å². The van der Waals surface area contributed by atoms with Crippen LogP contribution in [0.2, 0.25) is 0 Å². The predicted molar refractivity (Wildman–Crippen MR) is 118 cm³/mol. The molecule has 0 spiro atoms. The largest absolute Gasteiger partial charge is 0.416 e. The molecule has 3 amide bonds. The van der Waals surface area contributed by atoms with Crippen molar-refractivity contribution in [3.05, 3.63) is 60.2 Å². The molecule has 0 aliphatic carbocycles. The topological polar surface area (TPSA) is 56.2 Å². The minimum absolute atomic E-state index is 0.202. The molecule has 0 N–H and O–H groups in total. The molecule has 2 aromatic rings. The molecule has 2 aromatic carbocycles. The van der Waals surface area contributed by atoms with Crippen LogP contribution in [0.1, 0.15) is 5.56 Å². The van der Waals surface area contributed by atoms with Crippen molar-refractivity contribution in [3.8, 4) is 0 Å². The number of hydrogen-bond donors (Lipinski definition) is 0. The van der Waals surface area contributed by atoms with Gasteiger partial charge in [-0.15, -0.1) is 0 Å². The van der Waals surface area contributed by atoms with E-state index in [0.29, 0.717) is 5.69 Å². The molecule has 1 atom stereocenters. The molecule has 12 heteroatoms. The summed E-state index contributed by atoms with van der Waals surface area (Å²) in [5.41, 5.74) is -0.612. The Balaban J connectivity index is 2.13. The van der Waals surface area contributed by atoms with E-state index in [0.717, 1.165) is 28.0 Å². The van der Waals surface area contributed by atoms with Crippen LogP contribution in [-0.2, 0) is 11.0 Å². The Hall–Kier alpha value is -2.49. The van der Waals surface area contributed by atoms with E-state index in [4.69, 9.17) is 34.8 Å². The molecule has 1 unspecified atom stereocenters. The normalized spacial score (nSPS) is 17.3. The van der Waals surface area contributed by atoms with Crippen LogP contribution in [-0.4, -0.2) is 46.7 Å². The quantitative estimate of drug-likeness (QED) is 0.415. The number of amides is 3. The fourth-order valence-electron chi connectivity index (χ4n) is 3.04. The van der Waals surface area contributed by atoms with Crippen LogP contribution in [0.4, 0.5) is 29.3 Å². The summed E-state index contributed by atoms with van der Waals surface area (Å²) in [6, 6.07) is 11.7. The number of likely N-dealkylation sites (N-methyl/N-ethyl adjacent to an activating group) is 1. The number of carbonyl (C=O) groups is 2. The number of alkyl halides is 6. The van der Waals surface area contributed by atoms with E-state index >= 15 is 0 Å². The van der Waals surface area contributed by atoms with Gasteiger partial charge in [0.15, 0.2) is 6.17 Å². The number of aliphatic imine (C=N–C) groups is 1. The molecule has 1 saturated heterocycles. The highest BCUT2D eigenvalue weighted by molar-refractivity contribution is 6.68. The van der Waals surface area contributed by atoms with Crippen molar-refractivity contribution >= 4 is 64.0 Å². The zero-order valence-electron chi connectivity index (χ0n) is 16.6. The zero-order valence-corrected chi connectivity index (χ0v) is 18.9. The van der Waals surface area contributed by atoms with E-state index in [9.17, 15) is 22.8 Å². The van der Waals surface area contributed by atoms with Crippen LogP contribution in [0.15, 0.2) is 59.6 Å². The van der Waals surface area contributed by atoms with Crippen LogP contribution >= 0.6 is 34.8 Å². The van der Waals surface area contributed by atoms with Crippen molar-refractivity contribution in [2.75, 3.05) is 23.9 Å². The highest BCUT2D eigenvalue weighted by atomic mass is 35.6. The summed E-state index contributed by atoms with van der Waals surface area (Å²) >= 11 is 18.4. The smallest absolute Gasteiger partial charge is 0.349 e. The van der Waals surface area contributed by atoms with Gasteiger partial charge in [-0.3, -0.25) is 9.69 Å². The number of hydrogen-bond acceptors (Lipinski definition) is 4. The molecule has 0 saturated carbocycles. The SMILES string of the molecule is CN1C(=O)C(=NC(N(C)c2ccccc2)C(Cl)(Cl)Cl)N(c2cccc(C(F)(F)F)c2)C1=O. The van der Waals surface area contributed by atoms with Crippen molar-refractivity contribution in [1.29, 1.82) is 0 Å². The maximum absolute atomic E-state index is 13.2. The van der Waals surface area contributed by atoms with Crippen LogP contribution in [0.5, 0.6) is 0 Å². The second-order valence-electron chi connectivity index (χ2n) is 6.84. The van der Waals surface area contributed by atoms with Gasteiger partial charge in [-0.2, -0.15) is 13.2 Å². The van der Waals surface area contributed by atoms with Gasteiger partial charge in [0.25, 0.3) is 5.91 Å². The third-order valence-corrected chi connectivity index (χ3v) is 5.27. The van der Waals surface area contributed by atoms with E-state index in [1.165, 1.54) is 18.0 Å². The van der Waals surface area contributed by atoms with Crippen molar-refractivity contribution in [2.24, 2.45) is 4.99 Å². The molecule has 0 aromatic heterocycles. The predicted octanol–water partition coefficient (Wildman–Crippen LogP) is 5.34. The van der Waals surface area contributed by atoms with Gasteiger partial charge in [0.05, 0.1) is 11.3 Å². The molecule has 0 bridgehead atoms. The van der Waals surface area contributed by atoms with Crippen molar-refractivity contribution < 1.29 is 22.8 Å². The second kappa shape index (κ2) is 8.80. The summed E-state index contributed by atoms with van der Waals surface area (Å²) in [7, 11) is 2.74. The Kier molecular flexibility index (Phi) is 6.65. The van der Waals surface area contributed by atoms with Crippen LogP contribution in [0.3, 0.4) is 0 Å². The van der Waals surface area contributed by atoms with Gasteiger partial charge in [0.2, 0.25) is 9.63 Å². The lowest BCUT2D eigenvalue weighted by Crippen LogP contribution is -2.43. The summed E-state index contributed by atoms with van der Waals surface area (Å²) in [5.74, 6) is -1.33. The van der Waals surface area contributed by atoms with Crippen molar-refractivity contribution in [3.63, 3.8) is 0 Å². The first kappa shape index (κ1) is 24.2.